The zero-order valence-corrected chi connectivity index (χ0v) is 37.1. The molecule has 15 heteroatoms. The molecule has 330 valence electrons. The molecule has 10 rings (SSSR count). The Morgan fingerprint density at radius 2 is 1.74 bits per heavy atom. The highest BCUT2D eigenvalue weighted by molar-refractivity contribution is 7.90. The predicted octanol–water partition coefficient (Wildman–Crippen LogP) is 8.55. The summed E-state index contributed by atoms with van der Waals surface area (Å²) in [5.41, 5.74) is 5.35. The molecule has 2 aromatic heterocycles. The van der Waals surface area contributed by atoms with E-state index in [-0.39, 0.29) is 22.9 Å². The van der Waals surface area contributed by atoms with Crippen molar-refractivity contribution in [2.24, 2.45) is 22.2 Å². The first kappa shape index (κ1) is 42.3. The number of ether oxygens (including phenoxy) is 1. The van der Waals surface area contributed by atoms with Gasteiger partial charge in [0.2, 0.25) is 0 Å². The van der Waals surface area contributed by atoms with E-state index in [9.17, 15) is 28.4 Å². The van der Waals surface area contributed by atoms with E-state index in [1.165, 1.54) is 56.9 Å². The second-order valence-corrected chi connectivity index (χ2v) is 22.1. The number of aromatic nitrogens is 2. The average Bonchev–Trinajstić information content (AvgIpc) is 3.68. The van der Waals surface area contributed by atoms with Gasteiger partial charge in [0.25, 0.3) is 21.6 Å². The summed E-state index contributed by atoms with van der Waals surface area (Å²) in [7, 11) is -4.56. The lowest BCUT2D eigenvalue weighted by molar-refractivity contribution is -0.384. The molecule has 4 N–H and O–H groups in total. The Bertz CT molecular complexity index is 2530. The quantitative estimate of drug-likeness (QED) is 0.0574. The van der Waals surface area contributed by atoms with E-state index >= 15 is 0 Å². The molecule has 2 bridgehead atoms. The SMILES string of the molecule is CC1(C)CCC(CN2CCN(c3ccc(C(=O)NS(=O)(=O)c4ccc(NC[C@H]5CC[C@](C)(O)CC5)c([N+](=O)[O-])c4)c(Oc4cnc5[nH]ccc5c4)c3)CC2)=C(C23CC(C)(C2)C3)C1. The van der Waals surface area contributed by atoms with Crippen LogP contribution < -0.4 is 19.7 Å². The maximum atomic E-state index is 13.9. The molecule has 6 aliphatic rings. The van der Waals surface area contributed by atoms with Crippen molar-refractivity contribution in [1.29, 1.82) is 0 Å². The van der Waals surface area contributed by atoms with Gasteiger partial charge in [-0.3, -0.25) is 19.8 Å². The maximum absolute atomic E-state index is 13.9. The van der Waals surface area contributed by atoms with Gasteiger partial charge in [0.15, 0.2) is 0 Å². The number of fused-ring (bicyclic) bond motifs is 1. The number of hydrogen-bond acceptors (Lipinski definition) is 11. The standard InChI is InChI=1S/C47H59N7O7S/c1-44(2)13-11-33(38(24-44)47-28-45(3,29-47)30-47)27-52-17-19-53(20-18-52)34-5-7-37(41(22-34)61-35-21-32-12-16-48-42(32)50-26-35)43(55)51-62(59,60)36-6-8-39(40(23-36)54(57)58)49-25-31-9-14-46(4,56)15-10-31/h5-8,12,16,21-23,26,31,49,56H,9-11,13-15,17-20,24-25,27-30H2,1-4H3,(H,48,50)(H,51,55)/t31-,45?,46-,47?. The van der Waals surface area contributed by atoms with E-state index in [0.717, 1.165) is 62.7 Å². The number of aliphatic hydroxyl groups is 1. The van der Waals surface area contributed by atoms with E-state index in [1.807, 2.05) is 19.1 Å². The first-order valence-electron chi connectivity index (χ1n) is 22.1. The van der Waals surface area contributed by atoms with Crippen LogP contribution in [0.25, 0.3) is 11.0 Å². The van der Waals surface area contributed by atoms with Crippen molar-refractivity contribution in [3.05, 3.63) is 87.7 Å². The fraction of sp³-hybridized carbons (Fsp3) is 0.532. The summed E-state index contributed by atoms with van der Waals surface area (Å²) in [6, 6.07) is 12.3. The molecule has 1 amide bonds. The van der Waals surface area contributed by atoms with Crippen molar-refractivity contribution >= 4 is 44.0 Å². The number of hydrogen-bond donors (Lipinski definition) is 4. The number of carbonyl (C=O) groups is 1. The highest BCUT2D eigenvalue weighted by Gasteiger charge is 2.66. The van der Waals surface area contributed by atoms with Gasteiger partial charge in [-0.05, 0) is 130 Å². The Balaban J connectivity index is 0.913. The van der Waals surface area contributed by atoms with Crippen molar-refractivity contribution in [3.63, 3.8) is 0 Å². The summed E-state index contributed by atoms with van der Waals surface area (Å²) in [6.45, 7) is 13.9. The molecule has 0 radical (unpaired) electrons. The molecular weight excluding hydrogens is 807 g/mol. The van der Waals surface area contributed by atoms with Crippen molar-refractivity contribution in [2.75, 3.05) is 49.5 Å². The van der Waals surface area contributed by atoms with Gasteiger partial charge in [0.1, 0.15) is 22.8 Å². The van der Waals surface area contributed by atoms with Crippen LogP contribution in [0.3, 0.4) is 0 Å². The Morgan fingerprint density at radius 1 is 1.00 bits per heavy atom. The van der Waals surface area contributed by atoms with Crippen molar-refractivity contribution < 1.29 is 28.0 Å². The number of carbonyl (C=O) groups excluding carboxylic acids is 1. The molecule has 1 aliphatic heterocycles. The lowest BCUT2D eigenvalue weighted by atomic mass is 9.33. The number of nitrogens with zero attached hydrogens (tertiary/aromatic N) is 4. The van der Waals surface area contributed by atoms with Crippen molar-refractivity contribution in [3.8, 4) is 11.5 Å². The number of nitrogens with one attached hydrogen (secondary N) is 3. The maximum Gasteiger partial charge on any atom is 0.293 e. The Kier molecular flexibility index (Phi) is 10.7. The minimum Gasteiger partial charge on any atom is -0.455 e. The molecule has 4 aromatic rings. The Labute approximate surface area is 363 Å². The van der Waals surface area contributed by atoms with Crippen LogP contribution in [-0.4, -0.2) is 84.1 Å². The molecule has 3 heterocycles. The number of allylic oxidation sites excluding steroid dienone is 1. The van der Waals surface area contributed by atoms with Crippen molar-refractivity contribution in [1.82, 2.24) is 19.6 Å². The summed E-state index contributed by atoms with van der Waals surface area (Å²) in [6.07, 6.45) is 13.8. The molecule has 0 unspecified atom stereocenters. The molecule has 0 atom stereocenters. The number of piperazine rings is 1. The van der Waals surface area contributed by atoms with E-state index in [0.29, 0.717) is 47.0 Å². The number of H-pyrrole nitrogens is 1. The van der Waals surface area contributed by atoms with Gasteiger partial charge in [0.05, 0.1) is 27.2 Å². The molecule has 4 saturated carbocycles. The summed E-state index contributed by atoms with van der Waals surface area (Å²) >= 11 is 0. The molecule has 1 saturated heterocycles. The summed E-state index contributed by atoms with van der Waals surface area (Å²) < 4.78 is 35.9. The first-order valence-corrected chi connectivity index (χ1v) is 23.6. The number of nitro benzene ring substituents is 1. The fourth-order valence-corrected chi connectivity index (χ4v) is 12.2. The normalized spacial score (nSPS) is 27.3. The number of nitro groups is 1. The fourth-order valence-electron chi connectivity index (χ4n) is 11.2. The number of pyridine rings is 1. The second kappa shape index (κ2) is 15.7. The third-order valence-corrected chi connectivity index (χ3v) is 15.9. The number of benzene rings is 2. The molecular formula is C47H59N7O7S. The summed E-state index contributed by atoms with van der Waals surface area (Å²) in [5.74, 6) is -0.217. The molecule has 14 nitrogen and oxygen atoms in total. The third-order valence-electron chi connectivity index (χ3n) is 14.6. The van der Waals surface area contributed by atoms with Gasteiger partial charge in [-0.15, -0.1) is 0 Å². The van der Waals surface area contributed by atoms with Gasteiger partial charge >= 0.3 is 0 Å². The third kappa shape index (κ3) is 8.55. The minimum atomic E-state index is -4.56. The van der Waals surface area contributed by atoms with E-state index < -0.39 is 37.0 Å². The average molecular weight is 866 g/mol. The van der Waals surface area contributed by atoms with Crippen LogP contribution in [0.15, 0.2) is 77.0 Å². The van der Waals surface area contributed by atoms with Gasteiger partial charge in [-0.1, -0.05) is 31.9 Å². The monoisotopic (exact) mass is 865 g/mol. The molecule has 62 heavy (non-hydrogen) atoms. The lowest BCUT2D eigenvalue weighted by Crippen LogP contribution is -2.61. The molecule has 5 aliphatic carbocycles. The largest absolute Gasteiger partial charge is 0.455 e. The zero-order chi connectivity index (χ0) is 43.7. The second-order valence-electron chi connectivity index (χ2n) is 20.4. The first-order chi connectivity index (χ1) is 29.4. The highest BCUT2D eigenvalue weighted by atomic mass is 32.2. The van der Waals surface area contributed by atoms with Gasteiger partial charge in [-0.2, -0.15) is 0 Å². The summed E-state index contributed by atoms with van der Waals surface area (Å²) in [4.78, 5) is 37.4. The minimum absolute atomic E-state index is 0.0217. The van der Waals surface area contributed by atoms with Crippen molar-refractivity contribution in [2.45, 2.75) is 102 Å². The molecule has 5 fully saturated rings. The van der Waals surface area contributed by atoms with Crippen LogP contribution in [0.4, 0.5) is 17.1 Å². The number of amides is 1. The number of anilines is 2. The smallest absolute Gasteiger partial charge is 0.293 e. The van der Waals surface area contributed by atoms with Crippen LogP contribution in [0.2, 0.25) is 0 Å². The van der Waals surface area contributed by atoms with Gasteiger partial charge in [0, 0.05) is 68.7 Å². The van der Waals surface area contributed by atoms with Gasteiger partial charge in [-0.25, -0.2) is 18.1 Å². The van der Waals surface area contributed by atoms with E-state index in [4.69, 9.17) is 4.74 Å². The van der Waals surface area contributed by atoms with E-state index in [2.05, 4.69) is 50.6 Å². The van der Waals surface area contributed by atoms with Crippen LogP contribution in [0, 0.1) is 32.3 Å². The highest BCUT2D eigenvalue weighted by Crippen LogP contribution is 2.77. The summed E-state index contributed by atoms with van der Waals surface area (Å²) in [5, 5.41) is 26.4. The van der Waals surface area contributed by atoms with Crippen LogP contribution in [-0.2, 0) is 10.0 Å². The van der Waals surface area contributed by atoms with Gasteiger partial charge < -0.3 is 25.0 Å². The predicted molar refractivity (Wildman–Crippen MR) is 239 cm³/mol. The number of aromatic amines is 1. The zero-order valence-electron chi connectivity index (χ0n) is 36.3. The van der Waals surface area contributed by atoms with Crippen LogP contribution >= 0.6 is 0 Å². The molecule has 0 spiro atoms. The number of rotatable bonds is 13. The Hall–Kier alpha value is -4.99. The van der Waals surface area contributed by atoms with Crippen LogP contribution in [0.1, 0.15) is 102 Å². The van der Waals surface area contributed by atoms with Crippen LogP contribution in [0.5, 0.6) is 11.5 Å². The van der Waals surface area contributed by atoms with E-state index in [1.54, 1.807) is 35.5 Å². The lowest BCUT2D eigenvalue weighted by Gasteiger charge is -2.72. The molecule has 2 aromatic carbocycles. The topological polar surface area (TPSA) is 183 Å². The Morgan fingerprint density at radius 3 is 2.45 bits per heavy atom. The number of sulfonamides is 1.